The van der Waals surface area contributed by atoms with E-state index >= 15 is 0 Å². The number of fused-ring (bicyclic) bond motifs is 3. The van der Waals surface area contributed by atoms with Gasteiger partial charge in [-0.15, -0.1) is 11.3 Å². The number of benzene rings is 2. The number of thiophene rings is 1. The SMILES string of the molecule is O=C1[C@@H]2[C@@H](CC(CO)=C3[C@@H](CC/C(=C/c4cccc(O)c4)c4ccccc4)OC[C@@H]32)C(=O)N1Cc1cccs1. The first-order valence-electron chi connectivity index (χ1n) is 13.4. The van der Waals surface area contributed by atoms with E-state index in [9.17, 15) is 19.8 Å². The number of likely N-dealkylation sites (tertiary alicyclic amines) is 1. The Morgan fingerprint density at radius 3 is 2.62 bits per heavy atom. The molecule has 6 rings (SSSR count). The second-order valence-corrected chi connectivity index (χ2v) is 11.5. The third kappa shape index (κ3) is 4.98. The van der Waals surface area contributed by atoms with Gasteiger partial charge >= 0.3 is 0 Å². The summed E-state index contributed by atoms with van der Waals surface area (Å²) < 4.78 is 6.30. The third-order valence-corrected chi connectivity index (χ3v) is 9.08. The molecule has 0 radical (unpaired) electrons. The molecule has 6 nitrogen and oxygen atoms in total. The molecule has 7 heteroatoms. The largest absolute Gasteiger partial charge is 0.508 e. The standard InChI is InChI=1S/C32H31NO5S/c34-18-23-16-26-30(32(37)33(31(26)36)17-25-10-5-13-39-25)27-19-38-28(29(23)27)12-11-22(21-7-2-1-3-8-21)14-20-6-4-9-24(35)15-20/h1-10,13-15,26-28,30,34-35H,11-12,16-19H2/b22-14-/t26-,27+,28-,30-/m1/s1. The number of phenols is 1. The Hall–Kier alpha value is -3.52. The van der Waals surface area contributed by atoms with Crippen LogP contribution in [0.2, 0.25) is 0 Å². The van der Waals surface area contributed by atoms with Gasteiger partial charge in [0.2, 0.25) is 11.8 Å². The monoisotopic (exact) mass is 541 g/mol. The van der Waals surface area contributed by atoms with Crippen LogP contribution in [0.5, 0.6) is 5.75 Å². The van der Waals surface area contributed by atoms with Crippen LogP contribution in [-0.4, -0.2) is 46.2 Å². The summed E-state index contributed by atoms with van der Waals surface area (Å²) in [6.45, 7) is 0.558. The molecule has 200 valence electrons. The number of aliphatic hydroxyl groups is 1. The van der Waals surface area contributed by atoms with Crippen LogP contribution in [-0.2, 0) is 20.9 Å². The number of hydrogen-bond acceptors (Lipinski definition) is 6. The lowest BCUT2D eigenvalue weighted by molar-refractivity contribution is -0.140. The molecule has 1 aliphatic carbocycles. The summed E-state index contributed by atoms with van der Waals surface area (Å²) in [5.74, 6) is -1.07. The summed E-state index contributed by atoms with van der Waals surface area (Å²) in [5.41, 5.74) is 4.98. The van der Waals surface area contributed by atoms with E-state index < -0.39 is 11.8 Å². The van der Waals surface area contributed by atoms with Crippen LogP contribution in [0.4, 0.5) is 0 Å². The van der Waals surface area contributed by atoms with Crippen molar-refractivity contribution < 1.29 is 24.5 Å². The molecule has 0 bridgehead atoms. The lowest BCUT2D eigenvalue weighted by Crippen LogP contribution is -2.34. The average Bonchev–Trinajstić information content (AvgIpc) is 3.67. The molecular weight excluding hydrogens is 510 g/mol. The van der Waals surface area contributed by atoms with Crippen LogP contribution < -0.4 is 0 Å². The summed E-state index contributed by atoms with van der Waals surface area (Å²) >= 11 is 1.54. The summed E-state index contributed by atoms with van der Waals surface area (Å²) in [4.78, 5) is 29.3. The number of rotatable bonds is 8. The van der Waals surface area contributed by atoms with E-state index in [1.807, 2.05) is 47.8 Å². The first-order chi connectivity index (χ1) is 19.0. The number of carbonyl (C=O) groups is 2. The summed E-state index contributed by atoms with van der Waals surface area (Å²) in [6.07, 6.45) is 3.67. The predicted molar refractivity (Wildman–Crippen MR) is 150 cm³/mol. The normalized spacial score (nSPS) is 24.8. The zero-order valence-electron chi connectivity index (χ0n) is 21.5. The van der Waals surface area contributed by atoms with Crippen LogP contribution in [0.15, 0.2) is 83.3 Å². The summed E-state index contributed by atoms with van der Waals surface area (Å²) in [5, 5.41) is 22.2. The van der Waals surface area contributed by atoms with Crippen molar-refractivity contribution in [3.63, 3.8) is 0 Å². The second-order valence-electron chi connectivity index (χ2n) is 10.5. The third-order valence-electron chi connectivity index (χ3n) is 8.22. The zero-order chi connectivity index (χ0) is 26.9. The number of nitrogens with zero attached hydrogens (tertiary/aromatic N) is 1. The number of allylic oxidation sites excluding steroid dienone is 1. The van der Waals surface area contributed by atoms with Gasteiger partial charge < -0.3 is 14.9 Å². The quantitative estimate of drug-likeness (QED) is 0.230. The molecule has 2 saturated heterocycles. The van der Waals surface area contributed by atoms with Gasteiger partial charge in [0, 0.05) is 10.8 Å². The van der Waals surface area contributed by atoms with Crippen LogP contribution in [0, 0.1) is 17.8 Å². The Bertz CT molecular complexity index is 1430. The van der Waals surface area contributed by atoms with Gasteiger partial charge in [-0.05, 0) is 70.7 Å². The average molecular weight is 542 g/mol. The first kappa shape index (κ1) is 25.7. The van der Waals surface area contributed by atoms with Crippen LogP contribution in [0.25, 0.3) is 11.6 Å². The number of amides is 2. The van der Waals surface area contributed by atoms with Crippen molar-refractivity contribution in [2.75, 3.05) is 13.2 Å². The second kappa shape index (κ2) is 10.9. The van der Waals surface area contributed by atoms with E-state index in [2.05, 4.69) is 18.2 Å². The maximum Gasteiger partial charge on any atom is 0.234 e. The van der Waals surface area contributed by atoms with E-state index in [0.29, 0.717) is 32.4 Å². The molecule has 2 N–H and O–H groups in total. The van der Waals surface area contributed by atoms with Crippen molar-refractivity contribution in [2.45, 2.75) is 31.9 Å². The molecule has 3 aromatic rings. The molecule has 2 aromatic carbocycles. The Morgan fingerprint density at radius 2 is 1.87 bits per heavy atom. The van der Waals surface area contributed by atoms with Crippen molar-refractivity contribution in [1.82, 2.24) is 4.90 Å². The molecule has 0 spiro atoms. The molecule has 2 amide bonds. The number of hydrogen-bond donors (Lipinski definition) is 2. The van der Waals surface area contributed by atoms with Crippen LogP contribution in [0.3, 0.4) is 0 Å². The Kier molecular flexibility index (Phi) is 7.21. The summed E-state index contributed by atoms with van der Waals surface area (Å²) in [7, 11) is 0. The molecule has 1 aromatic heterocycles. The van der Waals surface area contributed by atoms with Gasteiger partial charge in [0.25, 0.3) is 0 Å². The van der Waals surface area contributed by atoms with Gasteiger partial charge in [-0.2, -0.15) is 0 Å². The molecule has 0 unspecified atom stereocenters. The first-order valence-corrected chi connectivity index (χ1v) is 14.3. The van der Waals surface area contributed by atoms with Crippen molar-refractivity contribution in [3.05, 3.63) is 99.3 Å². The molecule has 3 aliphatic rings. The highest BCUT2D eigenvalue weighted by atomic mass is 32.1. The lowest BCUT2D eigenvalue weighted by Gasteiger charge is -2.31. The minimum atomic E-state index is -0.429. The van der Waals surface area contributed by atoms with E-state index in [1.54, 1.807) is 23.5 Å². The predicted octanol–water partition coefficient (Wildman–Crippen LogP) is 5.28. The van der Waals surface area contributed by atoms with E-state index in [4.69, 9.17) is 4.74 Å². The molecule has 2 aliphatic heterocycles. The van der Waals surface area contributed by atoms with Crippen LogP contribution in [0.1, 0.15) is 35.3 Å². The minimum absolute atomic E-state index is 0.115. The molecule has 39 heavy (non-hydrogen) atoms. The fourth-order valence-corrected chi connectivity index (χ4v) is 7.15. The van der Waals surface area contributed by atoms with E-state index in [0.717, 1.165) is 32.7 Å². The van der Waals surface area contributed by atoms with E-state index in [-0.39, 0.29) is 36.2 Å². The highest BCUT2D eigenvalue weighted by molar-refractivity contribution is 7.09. The van der Waals surface area contributed by atoms with Crippen molar-refractivity contribution in [2.24, 2.45) is 17.8 Å². The number of ether oxygens (including phenoxy) is 1. The Labute approximate surface area is 231 Å². The highest BCUT2D eigenvalue weighted by Crippen LogP contribution is 2.50. The maximum atomic E-state index is 13.5. The molecule has 2 fully saturated rings. The van der Waals surface area contributed by atoms with Crippen molar-refractivity contribution in [1.29, 1.82) is 0 Å². The fraction of sp³-hybridized carbons (Fsp3) is 0.312. The maximum absolute atomic E-state index is 13.5. The molecule has 0 saturated carbocycles. The fourth-order valence-electron chi connectivity index (χ4n) is 6.45. The number of aromatic hydroxyl groups is 1. The number of imide groups is 1. The van der Waals surface area contributed by atoms with Crippen molar-refractivity contribution in [3.8, 4) is 5.75 Å². The minimum Gasteiger partial charge on any atom is -0.508 e. The van der Waals surface area contributed by atoms with Gasteiger partial charge in [-0.3, -0.25) is 14.5 Å². The Balaban J connectivity index is 1.24. The molecule has 4 atom stereocenters. The molecule has 3 heterocycles. The van der Waals surface area contributed by atoms with Gasteiger partial charge in [-0.25, -0.2) is 0 Å². The van der Waals surface area contributed by atoms with Crippen molar-refractivity contribution >= 4 is 34.8 Å². The zero-order valence-corrected chi connectivity index (χ0v) is 22.3. The topological polar surface area (TPSA) is 87.1 Å². The van der Waals surface area contributed by atoms with E-state index in [1.165, 1.54) is 4.90 Å². The molecular formula is C32H31NO5S. The van der Waals surface area contributed by atoms with Gasteiger partial charge in [0.05, 0.1) is 37.7 Å². The smallest absolute Gasteiger partial charge is 0.234 e. The highest BCUT2D eigenvalue weighted by Gasteiger charge is 2.56. The van der Waals surface area contributed by atoms with Gasteiger partial charge in [0.1, 0.15) is 5.75 Å². The number of carbonyl (C=O) groups excluding carboxylic acids is 2. The lowest BCUT2D eigenvalue weighted by atomic mass is 9.69. The van der Waals surface area contributed by atoms with Gasteiger partial charge in [0.15, 0.2) is 0 Å². The number of phenolic OH excluding ortho intramolecular Hbond substituents is 1. The van der Waals surface area contributed by atoms with Gasteiger partial charge in [-0.1, -0.05) is 54.6 Å². The Morgan fingerprint density at radius 1 is 1.03 bits per heavy atom. The summed E-state index contributed by atoms with van der Waals surface area (Å²) in [6, 6.07) is 21.2. The number of aliphatic hydroxyl groups excluding tert-OH is 1. The van der Waals surface area contributed by atoms with Crippen LogP contribution >= 0.6 is 11.3 Å².